The van der Waals surface area contributed by atoms with Crippen LogP contribution in [0.4, 0.5) is 5.95 Å². The van der Waals surface area contributed by atoms with Gasteiger partial charge in [-0.25, -0.2) is 9.97 Å². The average Bonchev–Trinajstić information content (AvgIpc) is 2.56. The van der Waals surface area contributed by atoms with E-state index in [9.17, 15) is 0 Å². The predicted molar refractivity (Wildman–Crippen MR) is 85.4 cm³/mol. The summed E-state index contributed by atoms with van der Waals surface area (Å²) in [6.07, 6.45) is 0. The first-order valence-corrected chi connectivity index (χ1v) is 7.51. The van der Waals surface area contributed by atoms with Gasteiger partial charge in [-0.3, -0.25) is 4.90 Å². The van der Waals surface area contributed by atoms with Crippen LogP contribution in [0.2, 0.25) is 0 Å². The van der Waals surface area contributed by atoms with Crippen LogP contribution in [0.25, 0.3) is 0 Å². The van der Waals surface area contributed by atoms with E-state index in [-0.39, 0.29) is 0 Å². The Morgan fingerprint density at radius 3 is 2.50 bits per heavy atom. The van der Waals surface area contributed by atoms with E-state index in [4.69, 9.17) is 5.26 Å². The zero-order chi connectivity index (χ0) is 15.4. The molecule has 0 bridgehead atoms. The van der Waals surface area contributed by atoms with Gasteiger partial charge in [-0.1, -0.05) is 30.3 Å². The van der Waals surface area contributed by atoms with Gasteiger partial charge in [-0.05, 0) is 18.6 Å². The summed E-state index contributed by atoms with van der Waals surface area (Å²) in [5.74, 6) is 0.677. The zero-order valence-electron chi connectivity index (χ0n) is 12.7. The quantitative estimate of drug-likeness (QED) is 0.866. The number of rotatable bonds is 3. The normalized spacial score (nSPS) is 15.5. The van der Waals surface area contributed by atoms with Gasteiger partial charge in [0, 0.05) is 38.4 Å². The summed E-state index contributed by atoms with van der Waals surface area (Å²) >= 11 is 0. The molecule has 112 valence electrons. The molecule has 0 spiro atoms. The highest BCUT2D eigenvalue weighted by Gasteiger charge is 2.19. The molecule has 3 rings (SSSR count). The highest BCUT2D eigenvalue weighted by atomic mass is 15.3. The lowest BCUT2D eigenvalue weighted by Crippen LogP contribution is -2.46. The van der Waals surface area contributed by atoms with Crippen molar-refractivity contribution < 1.29 is 0 Å². The smallest absolute Gasteiger partial charge is 0.226 e. The molecule has 5 heteroatoms. The Morgan fingerprint density at radius 1 is 1.09 bits per heavy atom. The van der Waals surface area contributed by atoms with Crippen molar-refractivity contribution >= 4 is 5.95 Å². The maximum atomic E-state index is 9.02. The number of nitriles is 1. The zero-order valence-corrected chi connectivity index (χ0v) is 12.7. The first kappa shape index (κ1) is 14.5. The Kier molecular flexibility index (Phi) is 4.31. The van der Waals surface area contributed by atoms with Crippen LogP contribution in [0.5, 0.6) is 0 Å². The summed E-state index contributed by atoms with van der Waals surface area (Å²) in [4.78, 5) is 13.4. The minimum atomic E-state index is 0.439. The lowest BCUT2D eigenvalue weighted by molar-refractivity contribution is 0.248. The fourth-order valence-electron chi connectivity index (χ4n) is 2.70. The van der Waals surface area contributed by atoms with Crippen molar-refractivity contribution in [2.24, 2.45) is 0 Å². The summed E-state index contributed by atoms with van der Waals surface area (Å²) in [6, 6.07) is 14.3. The molecule has 1 aliphatic heterocycles. The molecule has 1 aromatic heterocycles. The van der Waals surface area contributed by atoms with E-state index in [1.54, 1.807) is 6.07 Å². The third-order valence-electron chi connectivity index (χ3n) is 3.86. The van der Waals surface area contributed by atoms with E-state index in [0.717, 1.165) is 38.4 Å². The topological polar surface area (TPSA) is 56.1 Å². The molecule has 22 heavy (non-hydrogen) atoms. The Morgan fingerprint density at radius 2 is 1.82 bits per heavy atom. The fraction of sp³-hybridized carbons (Fsp3) is 0.353. The lowest BCUT2D eigenvalue weighted by Gasteiger charge is -2.34. The molecule has 1 fully saturated rings. The second-order valence-electron chi connectivity index (χ2n) is 5.56. The maximum absolute atomic E-state index is 9.02. The summed E-state index contributed by atoms with van der Waals surface area (Å²) in [5.41, 5.74) is 2.62. The lowest BCUT2D eigenvalue weighted by atomic mass is 10.2. The molecule has 1 aliphatic rings. The van der Waals surface area contributed by atoms with Crippen molar-refractivity contribution in [1.82, 2.24) is 14.9 Å². The van der Waals surface area contributed by atoms with E-state index < -0.39 is 0 Å². The van der Waals surface area contributed by atoms with Crippen LogP contribution in [0.3, 0.4) is 0 Å². The molecule has 0 saturated carbocycles. The van der Waals surface area contributed by atoms with Crippen molar-refractivity contribution in [3.05, 3.63) is 53.3 Å². The molecule has 2 heterocycles. The molecule has 1 saturated heterocycles. The minimum Gasteiger partial charge on any atom is -0.338 e. The van der Waals surface area contributed by atoms with Crippen molar-refractivity contribution in [2.45, 2.75) is 13.5 Å². The third-order valence-corrected chi connectivity index (χ3v) is 3.86. The monoisotopic (exact) mass is 293 g/mol. The van der Waals surface area contributed by atoms with E-state index >= 15 is 0 Å². The number of nitrogens with zero attached hydrogens (tertiary/aromatic N) is 5. The molecule has 0 N–H and O–H groups in total. The van der Waals surface area contributed by atoms with Crippen molar-refractivity contribution in [3.8, 4) is 6.07 Å². The molecule has 0 amide bonds. The van der Waals surface area contributed by atoms with Crippen LogP contribution in [0.15, 0.2) is 36.4 Å². The average molecular weight is 293 g/mol. The number of hydrogen-bond donors (Lipinski definition) is 0. The molecule has 0 unspecified atom stereocenters. The standard InChI is InChI=1S/C17H19N5/c1-14-11-16(12-18)20-17(19-14)22-9-7-21(8-10-22)13-15-5-3-2-4-6-15/h2-6,11H,7-10,13H2,1H3. The fourth-order valence-corrected chi connectivity index (χ4v) is 2.70. The van der Waals surface area contributed by atoms with Gasteiger partial charge in [0.2, 0.25) is 5.95 Å². The van der Waals surface area contributed by atoms with Crippen LogP contribution in [-0.2, 0) is 6.54 Å². The van der Waals surface area contributed by atoms with Crippen LogP contribution >= 0.6 is 0 Å². The molecule has 2 aromatic rings. The molecule has 0 radical (unpaired) electrons. The van der Waals surface area contributed by atoms with Crippen LogP contribution in [0.1, 0.15) is 17.0 Å². The van der Waals surface area contributed by atoms with E-state index in [0.29, 0.717) is 11.6 Å². The Balaban J connectivity index is 1.62. The predicted octanol–water partition coefficient (Wildman–Crippen LogP) is 1.98. The number of aryl methyl sites for hydroxylation is 1. The van der Waals surface area contributed by atoms with Gasteiger partial charge in [0.15, 0.2) is 0 Å². The Bertz CT molecular complexity index is 669. The molecule has 0 aliphatic carbocycles. The van der Waals surface area contributed by atoms with E-state index in [2.05, 4.69) is 50.1 Å². The summed E-state index contributed by atoms with van der Waals surface area (Å²) in [5, 5.41) is 9.02. The second kappa shape index (κ2) is 6.54. The van der Waals surface area contributed by atoms with E-state index in [1.165, 1.54) is 5.56 Å². The van der Waals surface area contributed by atoms with Gasteiger partial charge >= 0.3 is 0 Å². The number of aromatic nitrogens is 2. The number of piperazine rings is 1. The summed E-state index contributed by atoms with van der Waals surface area (Å²) in [6.45, 7) is 6.62. The van der Waals surface area contributed by atoms with Gasteiger partial charge in [0.25, 0.3) is 0 Å². The maximum Gasteiger partial charge on any atom is 0.226 e. The number of anilines is 1. The first-order chi connectivity index (χ1) is 10.7. The van der Waals surface area contributed by atoms with Crippen molar-refractivity contribution in [2.75, 3.05) is 31.1 Å². The van der Waals surface area contributed by atoms with Crippen LogP contribution in [0, 0.1) is 18.3 Å². The van der Waals surface area contributed by atoms with Crippen LogP contribution in [-0.4, -0.2) is 41.0 Å². The molecule has 0 atom stereocenters. The summed E-state index contributed by atoms with van der Waals surface area (Å²) < 4.78 is 0. The number of benzene rings is 1. The Labute approximate surface area is 130 Å². The third kappa shape index (κ3) is 3.41. The Hall–Kier alpha value is -2.45. The highest BCUT2D eigenvalue weighted by molar-refractivity contribution is 5.36. The van der Waals surface area contributed by atoms with Gasteiger partial charge < -0.3 is 4.90 Å². The van der Waals surface area contributed by atoms with Gasteiger partial charge in [-0.2, -0.15) is 5.26 Å². The SMILES string of the molecule is Cc1cc(C#N)nc(N2CCN(Cc3ccccc3)CC2)n1. The van der Waals surface area contributed by atoms with Gasteiger partial charge in [-0.15, -0.1) is 0 Å². The molecular formula is C17H19N5. The van der Waals surface area contributed by atoms with E-state index in [1.807, 2.05) is 13.0 Å². The molecular weight excluding hydrogens is 274 g/mol. The van der Waals surface area contributed by atoms with Crippen molar-refractivity contribution in [3.63, 3.8) is 0 Å². The van der Waals surface area contributed by atoms with Gasteiger partial charge in [0.05, 0.1) is 0 Å². The summed E-state index contributed by atoms with van der Waals surface area (Å²) in [7, 11) is 0. The highest BCUT2D eigenvalue weighted by Crippen LogP contribution is 2.14. The number of hydrogen-bond acceptors (Lipinski definition) is 5. The van der Waals surface area contributed by atoms with Gasteiger partial charge in [0.1, 0.15) is 11.8 Å². The van der Waals surface area contributed by atoms with Crippen LogP contribution < -0.4 is 4.90 Å². The molecule has 1 aromatic carbocycles. The first-order valence-electron chi connectivity index (χ1n) is 7.51. The largest absolute Gasteiger partial charge is 0.338 e. The second-order valence-corrected chi connectivity index (χ2v) is 5.56. The van der Waals surface area contributed by atoms with Crippen molar-refractivity contribution in [1.29, 1.82) is 5.26 Å². The molecule has 5 nitrogen and oxygen atoms in total. The minimum absolute atomic E-state index is 0.439.